The number of anilines is 1. The number of pyridine rings is 1. The molecule has 1 saturated carbocycles. The lowest BCUT2D eigenvalue weighted by molar-refractivity contribution is -0.134. The summed E-state index contributed by atoms with van der Waals surface area (Å²) >= 11 is 0. The molecular weight excluding hydrogens is 846 g/mol. The third kappa shape index (κ3) is 8.31. The number of carbonyl (C=O) groups is 2. The van der Waals surface area contributed by atoms with Gasteiger partial charge < -0.3 is 29.9 Å². The van der Waals surface area contributed by atoms with Gasteiger partial charge in [-0.3, -0.25) is 24.8 Å². The molecule has 0 radical (unpaired) electrons. The van der Waals surface area contributed by atoms with E-state index in [9.17, 15) is 14.7 Å². The molecule has 6 aliphatic heterocycles. The molecule has 7 aliphatic rings. The van der Waals surface area contributed by atoms with E-state index in [1.807, 2.05) is 18.2 Å². The number of aryl methyl sites for hydroxylation is 1. The number of benzene rings is 3. The molecule has 5 saturated heterocycles. The largest absolute Gasteiger partial charge is 0.508 e. The van der Waals surface area contributed by atoms with Crippen LogP contribution in [0, 0.1) is 11.2 Å². The Bertz CT molecular complexity index is 2740. The monoisotopic (exact) mass is 907 g/mol. The topological polar surface area (TPSA) is 139 Å². The van der Waals surface area contributed by atoms with Crippen molar-refractivity contribution in [1.29, 1.82) is 0 Å². The van der Waals surface area contributed by atoms with E-state index in [4.69, 9.17) is 19.7 Å². The van der Waals surface area contributed by atoms with Crippen LogP contribution in [0.2, 0.25) is 0 Å². The first-order valence-corrected chi connectivity index (χ1v) is 25.1. The maximum atomic E-state index is 17.2. The van der Waals surface area contributed by atoms with Crippen LogP contribution in [-0.2, 0) is 29.1 Å². The zero-order valence-corrected chi connectivity index (χ0v) is 38.6. The van der Waals surface area contributed by atoms with E-state index in [2.05, 4.69) is 55.4 Å². The van der Waals surface area contributed by atoms with Crippen LogP contribution in [-0.4, -0.2) is 123 Å². The molecule has 6 fully saturated rings. The number of hydrogen-bond acceptors (Lipinski definition) is 12. The summed E-state index contributed by atoms with van der Waals surface area (Å²) in [5.74, 6) is -0.355. The molecule has 3 N–H and O–H groups in total. The smallest absolute Gasteiger partial charge is 0.319 e. The first kappa shape index (κ1) is 43.0. The summed E-state index contributed by atoms with van der Waals surface area (Å²) < 4.78 is 23.8. The van der Waals surface area contributed by atoms with Crippen molar-refractivity contribution in [3.05, 3.63) is 82.8 Å². The summed E-state index contributed by atoms with van der Waals surface area (Å²) in [4.78, 5) is 49.2. The number of hydrogen-bond donors (Lipinski definition) is 3. The van der Waals surface area contributed by atoms with E-state index in [0.717, 1.165) is 113 Å². The van der Waals surface area contributed by atoms with Crippen LogP contribution in [0.4, 0.5) is 10.2 Å². The fourth-order valence-corrected chi connectivity index (χ4v) is 12.7. The quantitative estimate of drug-likeness (QED) is 0.120. The van der Waals surface area contributed by atoms with E-state index in [1.165, 1.54) is 36.8 Å². The minimum Gasteiger partial charge on any atom is -0.508 e. The number of phenolic OH excluding ortho intramolecular Hbond substituents is 1. The van der Waals surface area contributed by atoms with Gasteiger partial charge in [-0.25, -0.2) is 4.39 Å². The number of rotatable bonds is 11. The minimum absolute atomic E-state index is 0.0345. The van der Waals surface area contributed by atoms with E-state index in [-0.39, 0.29) is 46.1 Å². The van der Waals surface area contributed by atoms with E-state index < -0.39 is 5.82 Å². The van der Waals surface area contributed by atoms with Gasteiger partial charge in [-0.1, -0.05) is 43.3 Å². The molecule has 8 heterocycles. The number of ether oxygens (including phenoxy) is 1. The molecule has 1 aliphatic carbocycles. The Morgan fingerprint density at radius 3 is 2.39 bits per heavy atom. The molecule has 14 heteroatoms. The predicted molar refractivity (Wildman–Crippen MR) is 255 cm³/mol. The lowest BCUT2D eigenvalue weighted by Gasteiger charge is -2.44. The van der Waals surface area contributed by atoms with Gasteiger partial charge in [0.1, 0.15) is 22.8 Å². The van der Waals surface area contributed by atoms with Crippen LogP contribution in [0.3, 0.4) is 0 Å². The highest BCUT2D eigenvalue weighted by Gasteiger charge is 2.46. The summed E-state index contributed by atoms with van der Waals surface area (Å²) in [7, 11) is 0. The number of fused-ring (bicyclic) bond motifs is 5. The van der Waals surface area contributed by atoms with Crippen LogP contribution in [0.25, 0.3) is 32.9 Å². The number of piperazine rings is 1. The van der Waals surface area contributed by atoms with Gasteiger partial charge in [0.2, 0.25) is 11.8 Å². The molecule has 5 aromatic rings. The third-order valence-electron chi connectivity index (χ3n) is 16.6. The molecule has 0 spiro atoms. The summed E-state index contributed by atoms with van der Waals surface area (Å²) in [6.07, 6.45) is 12.6. The fourth-order valence-electron chi connectivity index (χ4n) is 12.7. The average molecular weight is 908 g/mol. The van der Waals surface area contributed by atoms with Crippen molar-refractivity contribution in [2.45, 2.75) is 121 Å². The van der Waals surface area contributed by atoms with Crippen molar-refractivity contribution in [2.75, 3.05) is 57.3 Å². The Kier molecular flexibility index (Phi) is 11.1. The number of phenols is 1. The molecule has 67 heavy (non-hydrogen) atoms. The number of nitrogens with zero attached hydrogens (tertiary/aromatic N) is 7. The molecule has 2 amide bonds. The molecule has 3 atom stereocenters. The van der Waals surface area contributed by atoms with Crippen molar-refractivity contribution >= 4 is 39.3 Å². The highest BCUT2D eigenvalue weighted by Crippen LogP contribution is 2.47. The second-order valence-electron chi connectivity index (χ2n) is 20.9. The number of aromatic nitrogens is 3. The molecule has 3 unspecified atom stereocenters. The highest BCUT2D eigenvalue weighted by molar-refractivity contribution is 6.02. The van der Waals surface area contributed by atoms with Crippen molar-refractivity contribution < 1.29 is 23.8 Å². The number of carbonyl (C=O) groups excluding carboxylic acids is 2. The van der Waals surface area contributed by atoms with Gasteiger partial charge in [0.25, 0.3) is 0 Å². The van der Waals surface area contributed by atoms with Crippen molar-refractivity contribution in [3.8, 4) is 23.0 Å². The van der Waals surface area contributed by atoms with Gasteiger partial charge in [-0.05, 0) is 136 Å². The highest BCUT2D eigenvalue weighted by atomic mass is 19.1. The molecule has 12 rings (SSSR count). The van der Waals surface area contributed by atoms with Crippen molar-refractivity contribution in [3.63, 3.8) is 0 Å². The maximum Gasteiger partial charge on any atom is 0.319 e. The number of imide groups is 1. The SMILES string of the molecule is CCc1cccc2cc(O)cc(-c3ncc4c(N5CC6CCC(C5)N6)nc(OCC5(CN6CCC(N7CCC(N8Cc9ccc(C%10CCC(=O)NC%10=O)cc9C8)CC7)CC6)CC5)nc4c3F)c12. The molecule has 2 bridgehead atoms. The molecule has 350 valence electrons. The van der Waals surface area contributed by atoms with E-state index >= 15 is 4.39 Å². The van der Waals surface area contributed by atoms with Crippen molar-refractivity contribution in [2.24, 2.45) is 5.41 Å². The van der Waals surface area contributed by atoms with E-state index in [1.54, 1.807) is 18.3 Å². The summed E-state index contributed by atoms with van der Waals surface area (Å²) in [5.41, 5.74) is 5.75. The average Bonchev–Trinajstić information content (AvgIpc) is 3.83. The van der Waals surface area contributed by atoms with Gasteiger partial charge in [-0.2, -0.15) is 9.97 Å². The Hall–Kier alpha value is -5.28. The molecule has 2 aromatic heterocycles. The van der Waals surface area contributed by atoms with E-state index in [0.29, 0.717) is 60.4 Å². The van der Waals surface area contributed by atoms with Crippen molar-refractivity contribution in [1.82, 2.24) is 40.3 Å². The third-order valence-corrected chi connectivity index (χ3v) is 16.6. The van der Waals surface area contributed by atoms with Gasteiger partial charge >= 0.3 is 6.01 Å². The summed E-state index contributed by atoms with van der Waals surface area (Å²) in [6.45, 7) is 11.4. The van der Waals surface area contributed by atoms with Gasteiger partial charge in [-0.15, -0.1) is 0 Å². The standard InChI is InChI=1S/C53H62FN9O4/c1-2-32-4-3-5-34-23-41(64)24-43(46(32)34)48-47(54)49-44(25-55-48)50(63-28-37-8-9-38(29-63)56-37)59-52(58-49)67-31-53(16-17-53)30-60-18-12-39(13-19-60)61-20-14-40(15-21-61)62-26-35-7-6-33(22-36(35)27-62)42-10-11-45(65)57-51(42)66/h3-7,22-25,37-40,42,56,64H,2,8-21,26-31H2,1H3,(H,57,65,66). The predicted octanol–water partition coefficient (Wildman–Crippen LogP) is 6.82. The van der Waals surface area contributed by atoms with Crippen LogP contribution in [0.5, 0.6) is 11.8 Å². The number of likely N-dealkylation sites (tertiary alicyclic amines) is 2. The lowest BCUT2D eigenvalue weighted by atomic mass is 9.89. The first-order valence-electron chi connectivity index (χ1n) is 25.1. The van der Waals surface area contributed by atoms with Crippen LogP contribution < -0.4 is 20.3 Å². The number of amides is 2. The zero-order chi connectivity index (χ0) is 45.4. The number of piperidine rings is 3. The van der Waals surface area contributed by atoms with Crippen LogP contribution >= 0.6 is 0 Å². The Morgan fingerprint density at radius 1 is 0.866 bits per heavy atom. The molecular formula is C53H62FN9O4. The number of nitrogens with one attached hydrogen (secondary N) is 2. The number of halogens is 1. The fraction of sp³-hybridized carbons (Fsp3) is 0.528. The first-order chi connectivity index (χ1) is 32.7. The van der Waals surface area contributed by atoms with Crippen LogP contribution in [0.1, 0.15) is 99.3 Å². The Balaban J connectivity index is 0.691. The zero-order valence-electron chi connectivity index (χ0n) is 38.6. The second kappa shape index (κ2) is 17.4. The van der Waals surface area contributed by atoms with Gasteiger partial charge in [0.05, 0.1) is 17.9 Å². The minimum atomic E-state index is -0.529. The van der Waals surface area contributed by atoms with Crippen LogP contribution in [0.15, 0.2) is 54.7 Å². The molecule has 13 nitrogen and oxygen atoms in total. The summed E-state index contributed by atoms with van der Waals surface area (Å²) in [5, 5.41) is 19.3. The lowest BCUT2D eigenvalue weighted by Crippen LogP contribution is -2.51. The normalized spacial score (nSPS) is 25.0. The molecule has 3 aromatic carbocycles. The Labute approximate surface area is 391 Å². The van der Waals surface area contributed by atoms with Gasteiger partial charge in [0, 0.05) is 80.5 Å². The Morgan fingerprint density at radius 2 is 1.63 bits per heavy atom. The summed E-state index contributed by atoms with van der Waals surface area (Å²) in [6, 6.07) is 17.9. The second-order valence-corrected chi connectivity index (χ2v) is 20.9. The maximum absolute atomic E-state index is 17.2. The number of aromatic hydroxyl groups is 1. The van der Waals surface area contributed by atoms with Gasteiger partial charge in [0.15, 0.2) is 5.82 Å².